The molecule has 0 aliphatic heterocycles. The van der Waals surface area contributed by atoms with Gasteiger partial charge < -0.3 is 10.6 Å². The van der Waals surface area contributed by atoms with Crippen molar-refractivity contribution in [2.24, 2.45) is 11.8 Å². The van der Waals surface area contributed by atoms with Crippen LogP contribution in [0.5, 0.6) is 0 Å². The van der Waals surface area contributed by atoms with Gasteiger partial charge in [0.25, 0.3) is 5.91 Å². The van der Waals surface area contributed by atoms with Crippen molar-refractivity contribution in [1.82, 2.24) is 15.3 Å². The number of rotatable bonds is 6. The Balaban J connectivity index is 1.88. The van der Waals surface area contributed by atoms with Crippen molar-refractivity contribution in [1.29, 1.82) is 0 Å². The molecule has 2 atom stereocenters. The van der Waals surface area contributed by atoms with Crippen LogP contribution in [0.1, 0.15) is 37.2 Å². The third-order valence-corrected chi connectivity index (χ3v) is 3.22. The lowest BCUT2D eigenvalue weighted by Crippen LogP contribution is -2.27. The molecule has 18 heavy (non-hydrogen) atoms. The molecule has 2 rings (SSSR count). The lowest BCUT2D eigenvalue weighted by molar-refractivity contribution is 0.0946. The van der Waals surface area contributed by atoms with Crippen molar-refractivity contribution in [3.05, 3.63) is 18.1 Å². The van der Waals surface area contributed by atoms with Crippen LogP contribution in [-0.2, 0) is 0 Å². The fourth-order valence-electron chi connectivity index (χ4n) is 1.81. The van der Waals surface area contributed by atoms with E-state index in [9.17, 15) is 4.79 Å². The zero-order valence-corrected chi connectivity index (χ0v) is 10.9. The average Bonchev–Trinajstić information content (AvgIpc) is 3.10. The molecule has 2 N–H and O–H groups in total. The Labute approximate surface area is 107 Å². The molecule has 1 saturated carbocycles. The van der Waals surface area contributed by atoms with E-state index in [4.69, 9.17) is 0 Å². The maximum atomic E-state index is 11.9. The maximum absolute atomic E-state index is 11.9. The highest BCUT2D eigenvalue weighted by molar-refractivity contribution is 5.92. The maximum Gasteiger partial charge on any atom is 0.271 e. The molecule has 0 aromatic carbocycles. The largest absolute Gasteiger partial charge is 0.369 e. The first-order valence-corrected chi connectivity index (χ1v) is 6.54. The topological polar surface area (TPSA) is 66.9 Å². The van der Waals surface area contributed by atoms with Crippen molar-refractivity contribution < 1.29 is 4.79 Å². The summed E-state index contributed by atoms with van der Waals surface area (Å²) in [6.45, 7) is 5.85. The molecule has 0 bridgehead atoms. The third-order valence-electron chi connectivity index (χ3n) is 3.22. The second-order valence-electron chi connectivity index (χ2n) is 4.90. The van der Waals surface area contributed by atoms with Gasteiger partial charge in [0.2, 0.25) is 0 Å². The number of carbonyl (C=O) groups is 1. The molecular formula is C13H20N4O. The van der Waals surface area contributed by atoms with E-state index < -0.39 is 0 Å². The van der Waals surface area contributed by atoms with E-state index in [2.05, 4.69) is 34.4 Å². The Morgan fingerprint density at radius 3 is 2.94 bits per heavy atom. The molecule has 0 saturated heterocycles. The number of amides is 1. The lowest BCUT2D eigenvalue weighted by atomic mass is 10.3. The minimum Gasteiger partial charge on any atom is -0.369 e. The highest BCUT2D eigenvalue weighted by Gasteiger charge is 2.32. The van der Waals surface area contributed by atoms with Gasteiger partial charge in [0.05, 0.1) is 12.4 Å². The number of hydrogen-bond acceptors (Lipinski definition) is 4. The van der Waals surface area contributed by atoms with Gasteiger partial charge in [-0.1, -0.05) is 13.8 Å². The number of anilines is 1. The molecule has 1 aliphatic carbocycles. The summed E-state index contributed by atoms with van der Waals surface area (Å²) in [5, 5.41) is 6.03. The summed E-state index contributed by atoms with van der Waals surface area (Å²) in [4.78, 5) is 20.1. The van der Waals surface area contributed by atoms with Crippen LogP contribution >= 0.6 is 0 Å². The normalized spacial score (nSPS) is 21.4. The van der Waals surface area contributed by atoms with Gasteiger partial charge in [-0.2, -0.15) is 0 Å². The number of nitrogens with zero attached hydrogens (tertiary/aromatic N) is 2. The van der Waals surface area contributed by atoms with Gasteiger partial charge in [-0.25, -0.2) is 4.98 Å². The van der Waals surface area contributed by atoms with Crippen molar-refractivity contribution in [2.45, 2.75) is 26.7 Å². The van der Waals surface area contributed by atoms with Crippen LogP contribution in [0.4, 0.5) is 5.82 Å². The van der Waals surface area contributed by atoms with Crippen molar-refractivity contribution in [2.75, 3.05) is 18.4 Å². The van der Waals surface area contributed by atoms with Crippen LogP contribution in [0.3, 0.4) is 0 Å². The summed E-state index contributed by atoms with van der Waals surface area (Å²) in [6, 6.07) is 0. The van der Waals surface area contributed by atoms with Gasteiger partial charge >= 0.3 is 0 Å². The second kappa shape index (κ2) is 5.80. The summed E-state index contributed by atoms with van der Waals surface area (Å²) >= 11 is 0. The Morgan fingerprint density at radius 2 is 2.28 bits per heavy atom. The predicted molar refractivity (Wildman–Crippen MR) is 70.4 cm³/mol. The molecule has 1 aliphatic rings. The standard InChI is InChI=1S/C13H20N4O/c1-3-4-15-12-8-14-7-11(17-12)13(18)16-6-10-5-9(10)2/h7-10H,3-6H2,1-2H3,(H,15,17)(H,16,18). The second-order valence-corrected chi connectivity index (χ2v) is 4.90. The zero-order valence-electron chi connectivity index (χ0n) is 10.9. The fraction of sp³-hybridized carbons (Fsp3) is 0.615. The van der Waals surface area contributed by atoms with Crippen LogP contribution in [-0.4, -0.2) is 29.0 Å². The van der Waals surface area contributed by atoms with E-state index >= 15 is 0 Å². The third kappa shape index (κ3) is 3.42. The monoisotopic (exact) mass is 248 g/mol. The predicted octanol–water partition coefficient (Wildman–Crippen LogP) is 1.68. The van der Waals surface area contributed by atoms with Crippen LogP contribution in [0.2, 0.25) is 0 Å². The molecule has 5 heteroatoms. The fourth-order valence-corrected chi connectivity index (χ4v) is 1.81. The van der Waals surface area contributed by atoms with Crippen molar-refractivity contribution in [3.8, 4) is 0 Å². The number of nitrogens with one attached hydrogen (secondary N) is 2. The molecule has 1 fully saturated rings. The van der Waals surface area contributed by atoms with Crippen LogP contribution < -0.4 is 10.6 Å². The van der Waals surface area contributed by atoms with E-state index in [1.54, 1.807) is 6.20 Å². The molecule has 1 aromatic rings. The Kier molecular flexibility index (Phi) is 4.12. The van der Waals surface area contributed by atoms with Crippen LogP contribution in [0.25, 0.3) is 0 Å². The summed E-state index contributed by atoms with van der Waals surface area (Å²) in [5.41, 5.74) is 0.379. The van der Waals surface area contributed by atoms with Crippen LogP contribution in [0, 0.1) is 11.8 Å². The van der Waals surface area contributed by atoms with Gasteiger partial charge in [0.15, 0.2) is 0 Å². The van der Waals surface area contributed by atoms with E-state index in [1.807, 2.05) is 0 Å². The molecule has 2 unspecified atom stereocenters. The van der Waals surface area contributed by atoms with Crippen LogP contribution in [0.15, 0.2) is 12.4 Å². The molecular weight excluding hydrogens is 228 g/mol. The van der Waals surface area contributed by atoms with Gasteiger partial charge in [-0.05, 0) is 24.7 Å². The molecule has 0 radical (unpaired) electrons. The molecule has 0 spiro atoms. The zero-order chi connectivity index (χ0) is 13.0. The summed E-state index contributed by atoms with van der Waals surface area (Å²) < 4.78 is 0. The van der Waals surface area contributed by atoms with Gasteiger partial charge in [-0.15, -0.1) is 0 Å². The number of aromatic nitrogens is 2. The first-order valence-electron chi connectivity index (χ1n) is 6.54. The van der Waals surface area contributed by atoms with Crippen molar-refractivity contribution >= 4 is 11.7 Å². The van der Waals surface area contributed by atoms with Gasteiger partial charge in [0, 0.05) is 13.1 Å². The number of hydrogen-bond donors (Lipinski definition) is 2. The molecule has 1 heterocycles. The highest BCUT2D eigenvalue weighted by atomic mass is 16.1. The average molecular weight is 248 g/mol. The molecule has 1 amide bonds. The Morgan fingerprint density at radius 1 is 1.50 bits per heavy atom. The smallest absolute Gasteiger partial charge is 0.271 e. The first kappa shape index (κ1) is 12.8. The van der Waals surface area contributed by atoms with E-state index in [0.29, 0.717) is 17.4 Å². The lowest BCUT2D eigenvalue weighted by Gasteiger charge is -2.06. The molecule has 1 aromatic heterocycles. The molecule has 5 nitrogen and oxygen atoms in total. The summed E-state index contributed by atoms with van der Waals surface area (Å²) in [6.07, 6.45) is 5.36. The minimum atomic E-state index is -0.137. The van der Waals surface area contributed by atoms with E-state index in [-0.39, 0.29) is 5.91 Å². The molecule has 98 valence electrons. The van der Waals surface area contributed by atoms with Gasteiger partial charge in [0.1, 0.15) is 11.5 Å². The SMILES string of the molecule is CCCNc1cncc(C(=O)NCC2CC2C)n1. The van der Waals surface area contributed by atoms with E-state index in [1.165, 1.54) is 12.6 Å². The van der Waals surface area contributed by atoms with Gasteiger partial charge in [-0.3, -0.25) is 9.78 Å². The quantitative estimate of drug-likeness (QED) is 0.804. The number of carbonyl (C=O) groups excluding carboxylic acids is 1. The Bertz CT molecular complexity index is 421. The summed E-state index contributed by atoms with van der Waals surface area (Å²) in [5.74, 6) is 1.91. The first-order chi connectivity index (χ1) is 8.70. The van der Waals surface area contributed by atoms with E-state index in [0.717, 1.165) is 25.4 Å². The minimum absolute atomic E-state index is 0.137. The highest BCUT2D eigenvalue weighted by Crippen LogP contribution is 2.36. The summed E-state index contributed by atoms with van der Waals surface area (Å²) in [7, 11) is 0. The van der Waals surface area contributed by atoms with Crippen molar-refractivity contribution in [3.63, 3.8) is 0 Å². The Hall–Kier alpha value is -1.65.